The second-order valence-corrected chi connectivity index (χ2v) is 11.2. The zero-order valence-corrected chi connectivity index (χ0v) is 22.7. The molecule has 5 heteroatoms. The maximum atomic E-state index is 12.1. The number of aliphatic carboxylic acids is 1. The van der Waals surface area contributed by atoms with E-state index in [2.05, 4.69) is 13.8 Å². The molecular formula is C28H56NO4+. The Hall–Kier alpha value is -1.10. The molecule has 0 radical (unpaired) electrons. The van der Waals surface area contributed by atoms with Crippen molar-refractivity contribution in [2.24, 2.45) is 5.92 Å². The van der Waals surface area contributed by atoms with Crippen LogP contribution in [0.3, 0.4) is 0 Å². The van der Waals surface area contributed by atoms with Crippen LogP contribution in [0.5, 0.6) is 0 Å². The number of carbonyl (C=O) groups is 2. The number of carbonyl (C=O) groups excluding carboxylic acids is 1. The molecule has 0 fully saturated rings. The van der Waals surface area contributed by atoms with Gasteiger partial charge in [-0.05, 0) is 12.3 Å². The topological polar surface area (TPSA) is 63.6 Å². The maximum Gasteiger partial charge on any atom is 0.307 e. The Morgan fingerprint density at radius 1 is 0.758 bits per heavy atom. The van der Waals surface area contributed by atoms with Crippen molar-refractivity contribution in [2.45, 2.75) is 136 Å². The van der Waals surface area contributed by atoms with E-state index in [1.165, 1.54) is 83.5 Å². The highest BCUT2D eigenvalue weighted by Gasteiger charge is 2.24. The van der Waals surface area contributed by atoms with E-state index >= 15 is 0 Å². The van der Waals surface area contributed by atoms with Crippen LogP contribution in [0.1, 0.15) is 129 Å². The molecule has 2 atom stereocenters. The summed E-state index contributed by atoms with van der Waals surface area (Å²) >= 11 is 0. The number of carboxylic acids is 1. The second kappa shape index (κ2) is 20.3. The lowest BCUT2D eigenvalue weighted by atomic mass is 9.96. The van der Waals surface area contributed by atoms with Crippen molar-refractivity contribution >= 4 is 11.9 Å². The van der Waals surface area contributed by atoms with Gasteiger partial charge in [0.05, 0.1) is 27.6 Å². The summed E-state index contributed by atoms with van der Waals surface area (Å²) in [4.78, 5) is 23.1. The summed E-state index contributed by atoms with van der Waals surface area (Å²) in [5.41, 5.74) is 0. The van der Waals surface area contributed by atoms with Crippen molar-refractivity contribution in [1.82, 2.24) is 0 Å². The molecule has 0 saturated carbocycles. The Balaban J connectivity index is 3.65. The van der Waals surface area contributed by atoms with Crippen molar-refractivity contribution < 1.29 is 23.9 Å². The molecule has 1 N–H and O–H groups in total. The van der Waals surface area contributed by atoms with Gasteiger partial charge in [0, 0.05) is 6.42 Å². The van der Waals surface area contributed by atoms with Crippen LogP contribution in [0.4, 0.5) is 0 Å². The van der Waals surface area contributed by atoms with Gasteiger partial charge in [0.2, 0.25) is 0 Å². The highest BCUT2D eigenvalue weighted by Crippen LogP contribution is 2.19. The van der Waals surface area contributed by atoms with E-state index in [0.717, 1.165) is 25.2 Å². The fourth-order valence-corrected chi connectivity index (χ4v) is 4.43. The fourth-order valence-electron chi connectivity index (χ4n) is 4.43. The summed E-state index contributed by atoms with van der Waals surface area (Å²) in [6.45, 7) is 5.16. The molecule has 0 aliphatic rings. The van der Waals surface area contributed by atoms with Gasteiger partial charge >= 0.3 is 11.9 Å². The minimum Gasteiger partial charge on any atom is -0.481 e. The number of likely N-dealkylation sites (N-methyl/N-ethyl adjacent to an activating group) is 1. The minimum absolute atomic E-state index is 0.127. The summed E-state index contributed by atoms with van der Waals surface area (Å²) in [5, 5.41) is 9.05. The maximum absolute atomic E-state index is 12.1. The van der Waals surface area contributed by atoms with Gasteiger partial charge in [-0.25, -0.2) is 0 Å². The molecule has 0 aromatic rings. The first-order valence-corrected chi connectivity index (χ1v) is 13.9. The summed E-state index contributed by atoms with van der Waals surface area (Å²) in [7, 11) is 5.92. The van der Waals surface area contributed by atoms with Crippen molar-refractivity contribution in [1.29, 1.82) is 0 Å². The Morgan fingerprint density at radius 2 is 1.21 bits per heavy atom. The van der Waals surface area contributed by atoms with Crippen LogP contribution in [-0.2, 0) is 14.3 Å². The van der Waals surface area contributed by atoms with E-state index in [1.54, 1.807) is 0 Å². The van der Waals surface area contributed by atoms with Crippen LogP contribution in [0, 0.1) is 5.92 Å². The van der Waals surface area contributed by atoms with Gasteiger partial charge in [0.15, 0.2) is 6.10 Å². The molecular weight excluding hydrogens is 414 g/mol. The third kappa shape index (κ3) is 23.8. The molecule has 0 aromatic carbocycles. The predicted molar refractivity (Wildman–Crippen MR) is 138 cm³/mol. The first-order valence-electron chi connectivity index (χ1n) is 13.9. The number of esters is 1. The molecule has 5 nitrogen and oxygen atoms in total. The van der Waals surface area contributed by atoms with Crippen LogP contribution in [0.25, 0.3) is 0 Å². The van der Waals surface area contributed by atoms with Gasteiger partial charge in [-0.2, -0.15) is 0 Å². The average Bonchev–Trinajstić information content (AvgIpc) is 2.70. The first kappa shape index (κ1) is 31.9. The van der Waals surface area contributed by atoms with Gasteiger partial charge in [0.1, 0.15) is 6.54 Å². The molecule has 33 heavy (non-hydrogen) atoms. The van der Waals surface area contributed by atoms with Gasteiger partial charge in [0.25, 0.3) is 0 Å². The van der Waals surface area contributed by atoms with E-state index in [9.17, 15) is 9.59 Å². The highest BCUT2D eigenvalue weighted by molar-refractivity contribution is 5.71. The van der Waals surface area contributed by atoms with Gasteiger partial charge in [-0.3, -0.25) is 9.59 Å². The van der Waals surface area contributed by atoms with Crippen LogP contribution >= 0.6 is 0 Å². The van der Waals surface area contributed by atoms with Gasteiger partial charge in [-0.15, -0.1) is 0 Å². The molecule has 0 aliphatic heterocycles. The standard InChI is InChI=1S/C28H55NO4/c1-6-7-8-9-10-11-12-13-14-17-20-25(2)21-18-15-16-19-22-28(32)33-26(23-27(30)31)24-29(3,4)5/h25-26H,6-24H2,1-5H3/p+1. The zero-order valence-electron chi connectivity index (χ0n) is 22.7. The fraction of sp³-hybridized carbons (Fsp3) is 0.929. The molecule has 0 aromatic heterocycles. The van der Waals surface area contributed by atoms with Gasteiger partial charge < -0.3 is 14.3 Å². The third-order valence-electron chi connectivity index (χ3n) is 6.33. The lowest BCUT2D eigenvalue weighted by Crippen LogP contribution is -2.43. The number of nitrogens with zero attached hydrogens (tertiary/aromatic N) is 1. The SMILES string of the molecule is CCCCCCCCCCCCC(C)CCCCCCC(=O)OC(CC(=O)O)C[N+](C)(C)C. The monoisotopic (exact) mass is 470 g/mol. The molecule has 0 spiro atoms. The first-order chi connectivity index (χ1) is 15.6. The number of quaternary nitrogens is 1. The summed E-state index contributed by atoms with van der Waals surface area (Å²) < 4.78 is 6.02. The number of rotatable bonds is 23. The second-order valence-electron chi connectivity index (χ2n) is 11.2. The average molecular weight is 471 g/mol. The van der Waals surface area contributed by atoms with Crippen molar-refractivity contribution in [3.8, 4) is 0 Å². The molecule has 0 rings (SSSR count). The third-order valence-corrected chi connectivity index (χ3v) is 6.33. The van der Waals surface area contributed by atoms with Crippen LogP contribution in [0.15, 0.2) is 0 Å². The zero-order chi connectivity index (χ0) is 25.0. The van der Waals surface area contributed by atoms with E-state index in [0.29, 0.717) is 17.4 Å². The molecule has 0 bridgehead atoms. The Bertz CT molecular complexity index is 487. The summed E-state index contributed by atoms with van der Waals surface area (Å²) in [6.07, 6.45) is 20.6. The normalized spacial score (nSPS) is 13.6. The van der Waals surface area contributed by atoms with Crippen molar-refractivity contribution in [3.63, 3.8) is 0 Å². The Labute approximate surface area is 205 Å². The molecule has 2 unspecified atom stereocenters. The number of ether oxygens (including phenoxy) is 1. The number of hydrogen-bond donors (Lipinski definition) is 1. The summed E-state index contributed by atoms with van der Waals surface area (Å²) in [5.74, 6) is -0.381. The van der Waals surface area contributed by atoms with Gasteiger partial charge in [-0.1, -0.05) is 110 Å². The van der Waals surface area contributed by atoms with Crippen LogP contribution in [-0.4, -0.2) is 55.3 Å². The lowest BCUT2D eigenvalue weighted by molar-refractivity contribution is -0.873. The van der Waals surface area contributed by atoms with Crippen LogP contribution in [0.2, 0.25) is 0 Å². The molecule has 196 valence electrons. The van der Waals surface area contributed by atoms with Crippen LogP contribution < -0.4 is 0 Å². The summed E-state index contributed by atoms with van der Waals surface area (Å²) in [6, 6.07) is 0. The smallest absolute Gasteiger partial charge is 0.307 e. The largest absolute Gasteiger partial charge is 0.481 e. The Kier molecular flexibility index (Phi) is 19.6. The van der Waals surface area contributed by atoms with Crippen molar-refractivity contribution in [2.75, 3.05) is 27.7 Å². The van der Waals surface area contributed by atoms with Crippen molar-refractivity contribution in [3.05, 3.63) is 0 Å². The van der Waals surface area contributed by atoms with E-state index in [1.807, 2.05) is 21.1 Å². The lowest BCUT2D eigenvalue weighted by Gasteiger charge is -2.28. The minimum atomic E-state index is -0.923. The Morgan fingerprint density at radius 3 is 1.67 bits per heavy atom. The highest BCUT2D eigenvalue weighted by atomic mass is 16.5. The van der Waals surface area contributed by atoms with E-state index in [-0.39, 0.29) is 12.4 Å². The number of unbranched alkanes of at least 4 members (excludes halogenated alkanes) is 12. The number of hydrogen-bond acceptors (Lipinski definition) is 3. The van der Waals surface area contributed by atoms with E-state index < -0.39 is 12.1 Å². The van der Waals surface area contributed by atoms with E-state index in [4.69, 9.17) is 9.84 Å². The molecule has 0 saturated heterocycles. The predicted octanol–water partition coefficient (Wildman–Crippen LogP) is 7.37. The number of carboxylic acid groups (broad SMARTS) is 1. The molecule has 0 heterocycles. The quantitative estimate of drug-likeness (QED) is 0.0962. The molecule has 0 amide bonds. The molecule has 0 aliphatic carbocycles.